The predicted molar refractivity (Wildman–Crippen MR) is 68.3 cm³/mol. The van der Waals surface area contributed by atoms with Crippen molar-refractivity contribution in [3.8, 4) is 0 Å². The summed E-state index contributed by atoms with van der Waals surface area (Å²) < 4.78 is 32.5. The Morgan fingerprint density at radius 3 is 2.00 bits per heavy atom. The van der Waals surface area contributed by atoms with E-state index in [1.807, 2.05) is 13.8 Å². The van der Waals surface area contributed by atoms with Gasteiger partial charge in [-0.3, -0.25) is 0 Å². The van der Waals surface area contributed by atoms with E-state index in [1.165, 1.54) is 0 Å². The van der Waals surface area contributed by atoms with E-state index in [9.17, 15) is 0 Å². The average molecular weight is 284 g/mol. The van der Waals surface area contributed by atoms with E-state index in [2.05, 4.69) is 0 Å². The van der Waals surface area contributed by atoms with Crippen molar-refractivity contribution in [2.75, 3.05) is 41.2 Å². The normalized spacial score (nSPS) is 14.6. The number of rotatable bonds is 11. The van der Waals surface area contributed by atoms with Gasteiger partial charge in [0.2, 0.25) is 0 Å². The van der Waals surface area contributed by atoms with Gasteiger partial charge in [0.25, 0.3) is 9.28 Å². The molecule has 0 radical (unpaired) electrons. The molecule has 0 aromatic carbocycles. The van der Waals surface area contributed by atoms with E-state index in [-0.39, 0.29) is 6.29 Å². The van der Waals surface area contributed by atoms with Crippen LogP contribution in [0.2, 0.25) is 0 Å². The van der Waals surface area contributed by atoms with Crippen molar-refractivity contribution in [3.63, 3.8) is 0 Å². The Labute approximate surface area is 107 Å². The quantitative estimate of drug-likeness (QED) is 0.389. The van der Waals surface area contributed by atoms with E-state index in [0.717, 1.165) is 0 Å². The summed E-state index contributed by atoms with van der Waals surface area (Å²) in [5.74, 6) is 0. The highest BCUT2D eigenvalue weighted by Gasteiger charge is 2.41. The van der Waals surface area contributed by atoms with Gasteiger partial charge in [-0.2, -0.15) is 0 Å². The Bertz CT molecular complexity index is 177. The van der Waals surface area contributed by atoms with Crippen LogP contribution in [0.25, 0.3) is 0 Å². The third-order valence-electron chi connectivity index (χ3n) is 2.05. The van der Waals surface area contributed by atoms with Crippen molar-refractivity contribution in [2.24, 2.45) is 0 Å². The lowest BCUT2D eigenvalue weighted by molar-refractivity contribution is -0.0933. The summed E-state index contributed by atoms with van der Waals surface area (Å²) >= 11 is 0. The Kier molecular flexibility index (Phi) is 10.3. The van der Waals surface area contributed by atoms with Gasteiger partial charge in [0.15, 0.2) is 6.29 Å². The number of hydrogen-bond acceptors (Lipinski definition) is 6. The zero-order valence-corrected chi connectivity index (χ0v) is 13.8. The first-order valence-corrected chi connectivity index (χ1v) is 10.3. The smallest absolute Gasteiger partial charge is 0.392 e. The standard InChI is InChI=1S/C9H24O6Si2/c1-6-13-17(12-5,14-7-2)16-15-9(11-4)8-10-3/h9H,6-8,16H2,1-5H3. The molecule has 0 aromatic heterocycles. The second-order valence-corrected chi connectivity index (χ2v) is 9.62. The van der Waals surface area contributed by atoms with Gasteiger partial charge in [-0.1, -0.05) is 0 Å². The van der Waals surface area contributed by atoms with Gasteiger partial charge in [-0.05, 0) is 13.8 Å². The molecule has 1 unspecified atom stereocenters. The maximum Gasteiger partial charge on any atom is 0.495 e. The lowest BCUT2D eigenvalue weighted by Crippen LogP contribution is -2.53. The lowest BCUT2D eigenvalue weighted by atomic mass is 10.7. The third kappa shape index (κ3) is 6.62. The molecule has 0 aliphatic carbocycles. The average Bonchev–Trinajstić information content (AvgIpc) is 2.34. The topological polar surface area (TPSA) is 55.4 Å². The van der Waals surface area contributed by atoms with Gasteiger partial charge >= 0.3 is 8.32 Å². The van der Waals surface area contributed by atoms with Crippen LogP contribution in [0.4, 0.5) is 0 Å². The van der Waals surface area contributed by atoms with Crippen molar-refractivity contribution >= 4 is 17.6 Å². The summed E-state index contributed by atoms with van der Waals surface area (Å²) in [5, 5.41) is 0. The highest BCUT2D eigenvalue weighted by molar-refractivity contribution is 7.12. The van der Waals surface area contributed by atoms with Crippen LogP contribution in [-0.4, -0.2) is 65.0 Å². The molecule has 0 aliphatic rings. The minimum atomic E-state index is -2.60. The molecule has 1 atom stereocenters. The van der Waals surface area contributed by atoms with Gasteiger partial charge in [0, 0.05) is 34.5 Å². The van der Waals surface area contributed by atoms with E-state index in [4.69, 9.17) is 27.2 Å². The molecule has 0 rings (SSSR count). The molecular weight excluding hydrogens is 260 g/mol. The van der Waals surface area contributed by atoms with Gasteiger partial charge in [-0.15, -0.1) is 0 Å². The molecule has 0 fully saturated rings. The first kappa shape index (κ1) is 17.2. The van der Waals surface area contributed by atoms with Crippen LogP contribution >= 0.6 is 0 Å². The van der Waals surface area contributed by atoms with Crippen LogP contribution in [0, 0.1) is 0 Å². The van der Waals surface area contributed by atoms with Crippen molar-refractivity contribution in [3.05, 3.63) is 0 Å². The molecule has 104 valence electrons. The zero-order valence-electron chi connectivity index (χ0n) is 11.4. The molecule has 0 amide bonds. The molecule has 0 spiro atoms. The van der Waals surface area contributed by atoms with Crippen molar-refractivity contribution in [2.45, 2.75) is 20.1 Å². The second kappa shape index (κ2) is 10.1. The molecule has 0 saturated carbocycles. The summed E-state index contributed by atoms with van der Waals surface area (Å²) in [6.07, 6.45) is -0.380. The van der Waals surface area contributed by atoms with Gasteiger partial charge < -0.3 is 27.2 Å². The summed E-state index contributed by atoms with van der Waals surface area (Å²) in [7, 11) is 1.07. The maximum atomic E-state index is 5.67. The first-order chi connectivity index (χ1) is 8.17. The van der Waals surface area contributed by atoms with E-state index < -0.39 is 17.6 Å². The van der Waals surface area contributed by atoms with Crippen LogP contribution in [-0.2, 0) is 27.2 Å². The summed E-state index contributed by atoms with van der Waals surface area (Å²) in [6.45, 7) is 5.32. The highest BCUT2D eigenvalue weighted by atomic mass is 29.2. The Morgan fingerprint density at radius 2 is 1.65 bits per heavy atom. The van der Waals surface area contributed by atoms with Gasteiger partial charge in [0.1, 0.15) is 0 Å². The molecule has 17 heavy (non-hydrogen) atoms. The third-order valence-corrected chi connectivity index (χ3v) is 8.67. The summed E-state index contributed by atoms with van der Waals surface area (Å²) in [5.41, 5.74) is 0. The van der Waals surface area contributed by atoms with Crippen LogP contribution in [0.5, 0.6) is 0 Å². The molecule has 8 heteroatoms. The van der Waals surface area contributed by atoms with Crippen molar-refractivity contribution in [1.82, 2.24) is 0 Å². The number of methoxy groups -OCH3 is 2. The molecular formula is C9H24O6Si2. The highest BCUT2D eigenvalue weighted by Crippen LogP contribution is 2.09. The second-order valence-electron chi connectivity index (χ2n) is 3.18. The van der Waals surface area contributed by atoms with Crippen LogP contribution in [0.1, 0.15) is 13.8 Å². The fraction of sp³-hybridized carbons (Fsp3) is 1.00. The minimum absolute atomic E-state index is 0.380. The van der Waals surface area contributed by atoms with Gasteiger partial charge in [0.05, 0.1) is 6.61 Å². The van der Waals surface area contributed by atoms with E-state index in [0.29, 0.717) is 19.8 Å². The molecule has 0 aliphatic heterocycles. The molecule has 6 nitrogen and oxygen atoms in total. The monoisotopic (exact) mass is 284 g/mol. The van der Waals surface area contributed by atoms with Crippen LogP contribution in [0.3, 0.4) is 0 Å². The first-order valence-electron chi connectivity index (χ1n) is 5.64. The lowest BCUT2D eigenvalue weighted by Gasteiger charge is -2.28. The number of hydrogen-bond donors (Lipinski definition) is 0. The van der Waals surface area contributed by atoms with Crippen molar-refractivity contribution < 1.29 is 27.2 Å². The molecule has 0 heterocycles. The molecule has 0 saturated heterocycles. The SMILES string of the molecule is CCO[Si](OC)(OCC)[SiH2]OC(COC)OC. The fourth-order valence-corrected chi connectivity index (χ4v) is 6.61. The number of ether oxygens (including phenoxy) is 2. The van der Waals surface area contributed by atoms with Crippen molar-refractivity contribution in [1.29, 1.82) is 0 Å². The Hall–Kier alpha value is 0.194. The predicted octanol–water partition coefficient (Wildman–Crippen LogP) is -0.139. The van der Waals surface area contributed by atoms with E-state index >= 15 is 0 Å². The van der Waals surface area contributed by atoms with E-state index in [1.54, 1.807) is 21.3 Å². The maximum absolute atomic E-state index is 5.67. The minimum Gasteiger partial charge on any atom is -0.392 e. The molecule has 0 bridgehead atoms. The molecule has 0 N–H and O–H groups in total. The Morgan fingerprint density at radius 1 is 1.06 bits per heavy atom. The summed E-state index contributed by atoms with van der Waals surface area (Å²) in [4.78, 5) is 0. The Balaban J connectivity index is 4.30. The summed E-state index contributed by atoms with van der Waals surface area (Å²) in [6, 6.07) is 0. The van der Waals surface area contributed by atoms with Gasteiger partial charge in [-0.25, -0.2) is 0 Å². The fourth-order valence-electron chi connectivity index (χ4n) is 1.26. The largest absolute Gasteiger partial charge is 0.495 e. The zero-order chi connectivity index (χ0) is 13.1. The van der Waals surface area contributed by atoms with Crippen LogP contribution in [0.15, 0.2) is 0 Å². The van der Waals surface area contributed by atoms with Crippen LogP contribution < -0.4 is 0 Å². The molecule has 0 aromatic rings.